The van der Waals surface area contributed by atoms with Crippen molar-refractivity contribution in [3.8, 4) is 5.75 Å². The third-order valence-electron chi connectivity index (χ3n) is 6.29. The van der Waals surface area contributed by atoms with E-state index in [9.17, 15) is 9.59 Å². The molecule has 1 aromatic heterocycles. The maximum absolute atomic E-state index is 13.6. The fourth-order valence-corrected chi connectivity index (χ4v) is 5.25. The summed E-state index contributed by atoms with van der Waals surface area (Å²) in [6.07, 6.45) is 0.560. The second-order valence-corrected chi connectivity index (χ2v) is 9.68. The van der Waals surface area contributed by atoms with Crippen molar-refractivity contribution in [2.45, 2.75) is 31.6 Å². The normalized spacial score (nSPS) is 17.5. The lowest BCUT2D eigenvalue weighted by molar-refractivity contribution is -0.124. The Bertz CT molecular complexity index is 1110. The number of benzene rings is 2. The molecule has 8 heteroatoms. The van der Waals surface area contributed by atoms with Crippen molar-refractivity contribution in [1.82, 2.24) is 15.1 Å². The molecule has 35 heavy (non-hydrogen) atoms. The van der Waals surface area contributed by atoms with E-state index in [0.717, 1.165) is 13.1 Å². The van der Waals surface area contributed by atoms with Gasteiger partial charge in [-0.25, -0.2) is 0 Å². The van der Waals surface area contributed by atoms with E-state index >= 15 is 0 Å². The third kappa shape index (κ3) is 6.28. The van der Waals surface area contributed by atoms with Gasteiger partial charge >= 0.3 is 0 Å². The minimum absolute atomic E-state index is 0.0282. The molecule has 0 radical (unpaired) electrons. The first-order valence-electron chi connectivity index (χ1n) is 11.8. The topological polar surface area (TPSA) is 87.9 Å². The number of thiophene rings is 1. The molecule has 3 aromatic rings. The minimum atomic E-state index is -0.563. The van der Waals surface area contributed by atoms with Crippen LogP contribution in [0.2, 0.25) is 0 Å². The van der Waals surface area contributed by atoms with E-state index in [1.165, 1.54) is 10.4 Å². The van der Waals surface area contributed by atoms with Gasteiger partial charge in [-0.2, -0.15) is 0 Å². The van der Waals surface area contributed by atoms with Gasteiger partial charge in [-0.1, -0.05) is 42.5 Å². The number of hydrogen-bond acceptors (Lipinski definition) is 6. The third-order valence-corrected chi connectivity index (χ3v) is 7.15. The number of nitrogens with two attached hydrogens (primary N) is 1. The highest BCUT2D eigenvalue weighted by molar-refractivity contribution is 7.09. The van der Waals surface area contributed by atoms with Gasteiger partial charge in [-0.15, -0.1) is 11.3 Å². The molecule has 2 amide bonds. The summed E-state index contributed by atoms with van der Waals surface area (Å²) in [6.45, 7) is 2.70. The summed E-state index contributed by atoms with van der Waals surface area (Å²) in [4.78, 5) is 32.0. The van der Waals surface area contributed by atoms with Crippen LogP contribution in [-0.4, -0.2) is 60.4 Å². The lowest BCUT2D eigenvalue weighted by Crippen LogP contribution is -2.47. The average Bonchev–Trinajstić information content (AvgIpc) is 3.57. The van der Waals surface area contributed by atoms with E-state index < -0.39 is 6.04 Å². The van der Waals surface area contributed by atoms with Crippen molar-refractivity contribution in [3.63, 3.8) is 0 Å². The van der Waals surface area contributed by atoms with Crippen molar-refractivity contribution in [2.24, 2.45) is 5.73 Å². The molecular weight excluding hydrogens is 460 g/mol. The highest BCUT2D eigenvalue weighted by Crippen LogP contribution is 2.28. The van der Waals surface area contributed by atoms with Crippen LogP contribution in [0, 0.1) is 0 Å². The number of nitrogens with one attached hydrogen (secondary N) is 1. The monoisotopic (exact) mass is 492 g/mol. The summed E-state index contributed by atoms with van der Waals surface area (Å²) in [5, 5.41) is 4.96. The second-order valence-electron chi connectivity index (χ2n) is 8.64. The molecule has 1 aliphatic heterocycles. The molecule has 0 bridgehead atoms. The molecule has 7 nitrogen and oxygen atoms in total. The summed E-state index contributed by atoms with van der Waals surface area (Å²) >= 11 is 1.72. The minimum Gasteiger partial charge on any atom is -0.497 e. The Morgan fingerprint density at radius 3 is 2.66 bits per heavy atom. The van der Waals surface area contributed by atoms with Crippen molar-refractivity contribution in [3.05, 3.63) is 88.1 Å². The molecule has 0 spiro atoms. The molecule has 0 aliphatic carbocycles. The van der Waals surface area contributed by atoms with Crippen molar-refractivity contribution in [2.75, 3.05) is 26.7 Å². The zero-order chi connectivity index (χ0) is 24.6. The average molecular weight is 493 g/mol. The zero-order valence-electron chi connectivity index (χ0n) is 19.9. The molecular formula is C27H32N4O3S. The zero-order valence-corrected chi connectivity index (χ0v) is 20.7. The number of nitrogens with zero attached hydrogens (tertiary/aromatic N) is 2. The van der Waals surface area contributed by atoms with Gasteiger partial charge in [-0.3, -0.25) is 14.5 Å². The van der Waals surface area contributed by atoms with E-state index in [-0.39, 0.29) is 17.9 Å². The highest BCUT2D eigenvalue weighted by Gasteiger charge is 2.42. The first-order valence-corrected chi connectivity index (χ1v) is 12.7. The molecule has 2 atom stereocenters. The summed E-state index contributed by atoms with van der Waals surface area (Å²) in [6, 6.07) is 21.0. The van der Waals surface area contributed by atoms with Gasteiger partial charge in [0.05, 0.1) is 7.11 Å². The molecule has 1 aliphatic rings. The standard InChI is InChI=1S/C27H32N4O3S/c1-34-23-10-5-9-21(15-23)27(33)31-18-22(16-25(31)26(32)29-13-12-28)30(19-24-11-6-14-35-24)17-20-7-3-2-4-8-20/h2-11,14-15,22,25H,12-13,16-19,28H2,1H3,(H,29,32). The maximum atomic E-state index is 13.6. The van der Waals surface area contributed by atoms with Crippen molar-refractivity contribution in [1.29, 1.82) is 0 Å². The molecule has 2 heterocycles. The summed E-state index contributed by atoms with van der Waals surface area (Å²) in [5.74, 6) is 0.277. The summed E-state index contributed by atoms with van der Waals surface area (Å²) < 4.78 is 5.31. The highest BCUT2D eigenvalue weighted by atomic mass is 32.1. The number of carbonyl (C=O) groups excluding carboxylic acids is 2. The Balaban J connectivity index is 1.61. The molecule has 2 aromatic carbocycles. The van der Waals surface area contributed by atoms with E-state index in [2.05, 4.69) is 39.9 Å². The Morgan fingerprint density at radius 1 is 1.11 bits per heavy atom. The van der Waals surface area contributed by atoms with Crippen LogP contribution in [0.5, 0.6) is 5.75 Å². The summed E-state index contributed by atoms with van der Waals surface area (Å²) in [5.41, 5.74) is 7.32. The van der Waals surface area contributed by atoms with Gasteiger partial charge < -0.3 is 20.7 Å². The van der Waals surface area contributed by atoms with Gasteiger partial charge in [0.25, 0.3) is 5.91 Å². The van der Waals surface area contributed by atoms with Crippen LogP contribution in [0.1, 0.15) is 27.2 Å². The maximum Gasteiger partial charge on any atom is 0.254 e. The van der Waals surface area contributed by atoms with E-state index in [0.29, 0.717) is 37.4 Å². The Hall–Kier alpha value is -3.20. The Morgan fingerprint density at radius 2 is 1.94 bits per heavy atom. The van der Waals surface area contributed by atoms with Crippen LogP contribution >= 0.6 is 11.3 Å². The van der Waals surface area contributed by atoms with E-state index in [4.69, 9.17) is 10.5 Å². The van der Waals surface area contributed by atoms with Crippen LogP contribution in [-0.2, 0) is 17.9 Å². The van der Waals surface area contributed by atoms with Gasteiger partial charge in [-0.05, 0) is 41.6 Å². The van der Waals surface area contributed by atoms with Gasteiger partial charge in [0.1, 0.15) is 11.8 Å². The van der Waals surface area contributed by atoms with Crippen LogP contribution in [0.25, 0.3) is 0 Å². The Kier molecular flexibility index (Phi) is 8.52. The molecule has 4 rings (SSSR count). The largest absolute Gasteiger partial charge is 0.497 e. The van der Waals surface area contributed by atoms with Crippen LogP contribution < -0.4 is 15.8 Å². The van der Waals surface area contributed by atoms with Crippen LogP contribution in [0.3, 0.4) is 0 Å². The fraction of sp³-hybridized carbons (Fsp3) is 0.333. The van der Waals surface area contributed by atoms with E-state index in [1.54, 1.807) is 47.6 Å². The first kappa shape index (κ1) is 24.9. The lowest BCUT2D eigenvalue weighted by Gasteiger charge is -2.28. The van der Waals surface area contributed by atoms with Crippen LogP contribution in [0.15, 0.2) is 72.1 Å². The smallest absolute Gasteiger partial charge is 0.254 e. The van der Waals surface area contributed by atoms with Gasteiger partial charge in [0.15, 0.2) is 0 Å². The van der Waals surface area contributed by atoms with Crippen molar-refractivity contribution >= 4 is 23.2 Å². The molecule has 1 saturated heterocycles. The summed E-state index contributed by atoms with van der Waals surface area (Å²) in [7, 11) is 1.57. The van der Waals surface area contributed by atoms with Gasteiger partial charge in [0, 0.05) is 49.2 Å². The number of hydrogen-bond donors (Lipinski definition) is 2. The molecule has 1 fully saturated rings. The number of rotatable bonds is 10. The fourth-order valence-electron chi connectivity index (χ4n) is 4.52. The number of likely N-dealkylation sites (tertiary alicyclic amines) is 1. The quantitative estimate of drug-likeness (QED) is 0.454. The number of methoxy groups -OCH3 is 1. The van der Waals surface area contributed by atoms with Crippen LogP contribution in [0.4, 0.5) is 0 Å². The predicted octanol–water partition coefficient (Wildman–Crippen LogP) is 3.12. The number of ether oxygens (including phenoxy) is 1. The predicted molar refractivity (Wildman–Crippen MR) is 138 cm³/mol. The Labute approximate surface area is 210 Å². The van der Waals surface area contributed by atoms with Crippen molar-refractivity contribution < 1.29 is 14.3 Å². The lowest BCUT2D eigenvalue weighted by atomic mass is 10.1. The molecule has 184 valence electrons. The molecule has 0 saturated carbocycles. The van der Waals surface area contributed by atoms with Gasteiger partial charge in [0.2, 0.25) is 5.91 Å². The number of amides is 2. The number of carbonyl (C=O) groups is 2. The SMILES string of the molecule is COc1cccc(C(=O)N2CC(N(Cc3ccccc3)Cc3cccs3)CC2C(=O)NCCN)c1. The molecule has 3 N–H and O–H groups in total. The second kappa shape index (κ2) is 12.0. The van der Waals surface area contributed by atoms with E-state index in [1.807, 2.05) is 18.2 Å². The molecule has 2 unspecified atom stereocenters. The first-order chi connectivity index (χ1) is 17.1.